The van der Waals surface area contributed by atoms with E-state index < -0.39 is 31.0 Å². The third-order valence-electron chi connectivity index (χ3n) is 3.08. The molecule has 0 unspecified atom stereocenters. The van der Waals surface area contributed by atoms with Crippen LogP contribution in [0.1, 0.15) is 0 Å². The van der Waals surface area contributed by atoms with Crippen LogP contribution in [0.2, 0.25) is 0 Å². The second-order valence-corrected chi connectivity index (χ2v) is 5.66. The van der Waals surface area contributed by atoms with Crippen LogP contribution in [0.3, 0.4) is 0 Å². The summed E-state index contributed by atoms with van der Waals surface area (Å²) < 4.78 is 0. The summed E-state index contributed by atoms with van der Waals surface area (Å²) in [6, 6.07) is 0. The van der Waals surface area contributed by atoms with Crippen molar-refractivity contribution in [3.05, 3.63) is 0 Å². The molecule has 1 aromatic rings. The van der Waals surface area contributed by atoms with Crippen molar-refractivity contribution in [3.63, 3.8) is 0 Å². The van der Waals surface area contributed by atoms with Gasteiger partial charge in [0.1, 0.15) is 24.4 Å². The molecule has 25 heavy (non-hydrogen) atoms. The van der Waals surface area contributed by atoms with Crippen LogP contribution in [-0.4, -0.2) is 106 Å². The Morgan fingerprint density at radius 3 is 1.92 bits per heavy atom. The molecule has 0 spiro atoms. The molecule has 0 aliphatic rings. The summed E-state index contributed by atoms with van der Waals surface area (Å²) in [6.45, 7) is -0.758. The van der Waals surface area contributed by atoms with Crippen molar-refractivity contribution >= 4 is 24.1 Å². The van der Waals surface area contributed by atoms with Gasteiger partial charge in [-0.05, 0) is 0 Å². The molecule has 1 heterocycles. The molecule has 0 aliphatic carbocycles. The molecule has 0 radical (unpaired) electrons. The first-order chi connectivity index (χ1) is 11.7. The number of aliphatic hydroxyl groups is 5. The third kappa shape index (κ3) is 6.03. The van der Waals surface area contributed by atoms with Gasteiger partial charge >= 0.3 is 0 Å². The highest BCUT2D eigenvalue weighted by Crippen LogP contribution is 2.13. The van der Waals surface area contributed by atoms with Gasteiger partial charge in [0.25, 0.3) is 0 Å². The van der Waals surface area contributed by atoms with Crippen LogP contribution in [-0.2, 0) is 0 Å². The van der Waals surface area contributed by atoms with Crippen molar-refractivity contribution in [2.24, 2.45) is 5.10 Å². The zero-order chi connectivity index (χ0) is 19.1. The Morgan fingerprint density at radius 2 is 1.48 bits per heavy atom. The van der Waals surface area contributed by atoms with Crippen LogP contribution in [0.15, 0.2) is 5.10 Å². The number of aliphatic hydroxyl groups excluding tert-OH is 5. The number of rotatable bonds is 9. The highest BCUT2D eigenvalue weighted by atomic mass is 16.4. The Labute approximate surface area is 145 Å². The molecule has 12 nitrogen and oxygen atoms in total. The van der Waals surface area contributed by atoms with Crippen LogP contribution in [0.25, 0.3) is 0 Å². The van der Waals surface area contributed by atoms with Crippen LogP contribution in [0.4, 0.5) is 17.8 Å². The van der Waals surface area contributed by atoms with Gasteiger partial charge in [-0.1, -0.05) is 0 Å². The summed E-state index contributed by atoms with van der Waals surface area (Å²) in [4.78, 5) is 15.8. The van der Waals surface area contributed by atoms with Gasteiger partial charge in [-0.15, -0.1) is 0 Å². The zero-order valence-electron chi connectivity index (χ0n) is 14.5. The van der Waals surface area contributed by atoms with Crippen molar-refractivity contribution in [3.8, 4) is 0 Å². The van der Waals surface area contributed by atoms with Gasteiger partial charge in [-0.2, -0.15) is 20.1 Å². The molecule has 0 saturated heterocycles. The Bertz CT molecular complexity index is 545. The molecule has 0 fully saturated rings. The quantitative estimate of drug-likeness (QED) is 0.194. The fourth-order valence-electron chi connectivity index (χ4n) is 1.60. The van der Waals surface area contributed by atoms with Gasteiger partial charge in [0.2, 0.25) is 17.8 Å². The van der Waals surface area contributed by atoms with E-state index in [4.69, 9.17) is 5.11 Å². The van der Waals surface area contributed by atoms with E-state index >= 15 is 0 Å². The van der Waals surface area contributed by atoms with Crippen LogP contribution < -0.4 is 15.2 Å². The predicted octanol–water partition coefficient (Wildman–Crippen LogP) is -3.16. The topological polar surface area (TPSA) is 171 Å². The zero-order valence-corrected chi connectivity index (χ0v) is 14.5. The van der Waals surface area contributed by atoms with Crippen LogP contribution >= 0.6 is 0 Å². The van der Waals surface area contributed by atoms with E-state index in [1.165, 1.54) is 0 Å². The van der Waals surface area contributed by atoms with Gasteiger partial charge < -0.3 is 35.3 Å². The fraction of sp³-hybridized carbons (Fsp3) is 0.692. The van der Waals surface area contributed by atoms with Crippen molar-refractivity contribution in [1.29, 1.82) is 0 Å². The number of aromatic nitrogens is 3. The normalized spacial score (nSPS) is 16.4. The van der Waals surface area contributed by atoms with Crippen molar-refractivity contribution < 1.29 is 25.5 Å². The molecule has 1 aromatic heterocycles. The Balaban J connectivity index is 2.81. The van der Waals surface area contributed by atoms with Gasteiger partial charge in [0.05, 0.1) is 12.8 Å². The molecule has 6 N–H and O–H groups in total. The van der Waals surface area contributed by atoms with E-state index in [0.29, 0.717) is 11.9 Å². The minimum absolute atomic E-state index is 0.108. The first-order valence-electron chi connectivity index (χ1n) is 7.40. The minimum Gasteiger partial charge on any atom is -0.394 e. The van der Waals surface area contributed by atoms with Gasteiger partial charge in [-0.3, -0.25) is 0 Å². The lowest BCUT2D eigenvalue weighted by Gasteiger charge is -2.23. The molecule has 142 valence electrons. The highest BCUT2D eigenvalue weighted by Gasteiger charge is 2.29. The lowest BCUT2D eigenvalue weighted by Crippen LogP contribution is -2.46. The van der Waals surface area contributed by atoms with E-state index in [9.17, 15) is 20.4 Å². The Hall–Kier alpha value is -2.12. The second-order valence-electron chi connectivity index (χ2n) is 5.66. The summed E-state index contributed by atoms with van der Waals surface area (Å²) in [5.41, 5.74) is 2.49. The van der Waals surface area contributed by atoms with E-state index in [0.717, 1.165) is 6.21 Å². The molecular weight excluding hydrogens is 334 g/mol. The average Bonchev–Trinajstić information content (AvgIpc) is 2.59. The first-order valence-corrected chi connectivity index (χ1v) is 7.40. The number of anilines is 3. The fourth-order valence-corrected chi connectivity index (χ4v) is 1.60. The van der Waals surface area contributed by atoms with E-state index in [2.05, 4.69) is 25.5 Å². The molecule has 0 bridgehead atoms. The average molecular weight is 359 g/mol. The minimum atomic E-state index is -1.74. The maximum Gasteiger partial charge on any atom is 0.250 e. The standard InChI is InChI=1S/C13H25N7O5/c1-19(2)12-15-11(16-13(17-12)20(3)4)18-14-5-7(22)9(24)10(25)8(23)6-21/h5,7-10,21-25H,6H2,1-4H3,(H,15,16,17,18)/b14-5-/t7-,8-,9+,10-/m1/s1. The Kier molecular flexibility index (Phi) is 7.86. The maximum atomic E-state index is 9.73. The summed E-state index contributed by atoms with van der Waals surface area (Å²) in [5, 5.41) is 50.6. The van der Waals surface area contributed by atoms with Crippen LogP contribution in [0.5, 0.6) is 0 Å². The van der Waals surface area contributed by atoms with Gasteiger partial charge in [0.15, 0.2) is 0 Å². The summed E-state index contributed by atoms with van der Waals surface area (Å²) in [7, 11) is 7.04. The molecular formula is C13H25N7O5. The first kappa shape index (κ1) is 20.9. The largest absolute Gasteiger partial charge is 0.394 e. The molecule has 0 amide bonds. The predicted molar refractivity (Wildman–Crippen MR) is 91.7 cm³/mol. The SMILES string of the molecule is CN(C)c1nc(N/N=C\[C@@H](O)[C@H](O)[C@H](O)[C@H](O)CO)nc(N(C)C)n1. The molecule has 0 aliphatic heterocycles. The molecule has 0 saturated carbocycles. The molecule has 12 heteroatoms. The lowest BCUT2D eigenvalue weighted by molar-refractivity contribution is -0.0999. The molecule has 0 aromatic carbocycles. The number of hydrazone groups is 1. The van der Waals surface area contributed by atoms with Crippen LogP contribution in [0, 0.1) is 0 Å². The van der Waals surface area contributed by atoms with E-state index in [-0.39, 0.29) is 5.95 Å². The maximum absolute atomic E-state index is 9.73. The number of nitrogens with zero attached hydrogens (tertiary/aromatic N) is 6. The summed E-state index contributed by atoms with van der Waals surface area (Å²) in [6.07, 6.45) is -5.73. The van der Waals surface area contributed by atoms with Crippen molar-refractivity contribution in [2.75, 3.05) is 50.0 Å². The van der Waals surface area contributed by atoms with E-state index in [1.54, 1.807) is 38.0 Å². The monoisotopic (exact) mass is 359 g/mol. The van der Waals surface area contributed by atoms with E-state index in [1.807, 2.05) is 0 Å². The van der Waals surface area contributed by atoms with Crippen molar-refractivity contribution in [1.82, 2.24) is 15.0 Å². The van der Waals surface area contributed by atoms with Crippen molar-refractivity contribution in [2.45, 2.75) is 24.4 Å². The van der Waals surface area contributed by atoms with Gasteiger partial charge in [0, 0.05) is 28.2 Å². The summed E-state index contributed by atoms with van der Waals surface area (Å²) >= 11 is 0. The lowest BCUT2D eigenvalue weighted by atomic mass is 10.0. The van der Waals surface area contributed by atoms with Gasteiger partial charge in [-0.25, -0.2) is 5.43 Å². The molecule has 1 rings (SSSR count). The number of hydrogen-bond acceptors (Lipinski definition) is 12. The molecule has 4 atom stereocenters. The second kappa shape index (κ2) is 9.39. The summed E-state index contributed by atoms with van der Waals surface area (Å²) in [5.74, 6) is 0.883. The third-order valence-corrected chi connectivity index (χ3v) is 3.08. The number of nitrogens with one attached hydrogen (secondary N) is 1. The highest BCUT2D eigenvalue weighted by molar-refractivity contribution is 5.64. The number of hydrogen-bond donors (Lipinski definition) is 6. The smallest absolute Gasteiger partial charge is 0.250 e. The Morgan fingerprint density at radius 1 is 0.960 bits per heavy atom.